The van der Waals surface area contributed by atoms with Crippen LogP contribution in [-0.2, 0) is 16.6 Å². The van der Waals surface area contributed by atoms with Crippen molar-refractivity contribution < 1.29 is 14.7 Å². The number of benzene rings is 3. The summed E-state index contributed by atoms with van der Waals surface area (Å²) in [6.07, 6.45) is 3.40. The molecule has 0 fully saturated rings. The van der Waals surface area contributed by atoms with Crippen molar-refractivity contribution in [1.82, 2.24) is 0 Å². The highest BCUT2D eigenvalue weighted by atomic mass is 16.4. The number of hydrogen-bond donors (Lipinski definition) is 2. The zero-order chi connectivity index (χ0) is 25.4. The third-order valence-corrected chi connectivity index (χ3v) is 6.72. The summed E-state index contributed by atoms with van der Waals surface area (Å²) in [4.78, 5) is 25.9. The van der Waals surface area contributed by atoms with Crippen molar-refractivity contribution in [3.8, 4) is 0 Å². The van der Waals surface area contributed by atoms with Gasteiger partial charge in [-0.3, -0.25) is 9.59 Å². The molecule has 2 N–H and O–H groups in total. The fourth-order valence-corrected chi connectivity index (χ4v) is 4.37. The molecule has 1 unspecified atom stereocenters. The third-order valence-electron chi connectivity index (χ3n) is 6.72. The van der Waals surface area contributed by atoms with E-state index in [9.17, 15) is 9.59 Å². The summed E-state index contributed by atoms with van der Waals surface area (Å²) in [6.45, 7) is 4.34. The molecule has 5 heteroatoms. The van der Waals surface area contributed by atoms with Crippen LogP contribution in [0.25, 0.3) is 0 Å². The molecule has 0 aliphatic rings. The molecule has 184 valence electrons. The van der Waals surface area contributed by atoms with Crippen molar-refractivity contribution >= 4 is 23.3 Å². The van der Waals surface area contributed by atoms with Gasteiger partial charge in [0.05, 0.1) is 0 Å². The lowest BCUT2D eigenvalue weighted by Gasteiger charge is -2.32. The minimum Gasteiger partial charge on any atom is -0.481 e. The first-order valence-corrected chi connectivity index (χ1v) is 12.2. The van der Waals surface area contributed by atoms with E-state index in [2.05, 4.69) is 49.5 Å². The monoisotopic (exact) mass is 472 g/mol. The van der Waals surface area contributed by atoms with Gasteiger partial charge in [0.2, 0.25) is 0 Å². The zero-order valence-electron chi connectivity index (χ0n) is 21.2. The van der Waals surface area contributed by atoms with Gasteiger partial charge in [0, 0.05) is 42.9 Å². The van der Waals surface area contributed by atoms with Crippen molar-refractivity contribution in [1.29, 1.82) is 0 Å². The van der Waals surface area contributed by atoms with E-state index >= 15 is 0 Å². The summed E-state index contributed by atoms with van der Waals surface area (Å²) in [6, 6.07) is 24.2. The number of anilines is 2. The smallest absolute Gasteiger partial charge is 0.303 e. The van der Waals surface area contributed by atoms with Crippen molar-refractivity contribution in [2.24, 2.45) is 0 Å². The quantitative estimate of drug-likeness (QED) is 0.312. The maximum absolute atomic E-state index is 12.9. The standard InChI is InChI=1S/C30H36N2O3/c1-5-22-12-16-24(17-13-22)30(2,20-7-6-11-28(33)34)25-9-8-10-26(21-25)31-29(35)23-14-18-27(19-15-23)32(3)4/h8-10,12-19,21H,5-7,11,20H2,1-4H3,(H,31,35)(H,33,34). The Morgan fingerprint density at radius 3 is 2.20 bits per heavy atom. The summed E-state index contributed by atoms with van der Waals surface area (Å²) < 4.78 is 0. The number of carbonyl (C=O) groups excluding carboxylic acids is 1. The van der Waals surface area contributed by atoms with Crippen LogP contribution < -0.4 is 10.2 Å². The number of nitrogens with one attached hydrogen (secondary N) is 1. The van der Waals surface area contributed by atoms with Gasteiger partial charge in [-0.2, -0.15) is 0 Å². The number of amides is 1. The average molecular weight is 473 g/mol. The van der Waals surface area contributed by atoms with E-state index < -0.39 is 5.97 Å². The molecule has 5 nitrogen and oxygen atoms in total. The first-order chi connectivity index (χ1) is 16.7. The molecule has 0 radical (unpaired) electrons. The molecule has 0 saturated carbocycles. The predicted molar refractivity (Wildman–Crippen MR) is 144 cm³/mol. The Labute approximate surface area is 208 Å². The zero-order valence-corrected chi connectivity index (χ0v) is 21.2. The topological polar surface area (TPSA) is 69.6 Å². The van der Waals surface area contributed by atoms with Gasteiger partial charge in [-0.05, 0) is 72.4 Å². The van der Waals surface area contributed by atoms with Crippen LogP contribution in [0.5, 0.6) is 0 Å². The molecule has 3 aromatic rings. The van der Waals surface area contributed by atoms with Crippen LogP contribution >= 0.6 is 0 Å². The molecule has 0 heterocycles. The highest BCUT2D eigenvalue weighted by molar-refractivity contribution is 6.04. The van der Waals surface area contributed by atoms with E-state index in [0.29, 0.717) is 12.0 Å². The Morgan fingerprint density at radius 1 is 0.914 bits per heavy atom. The summed E-state index contributed by atoms with van der Waals surface area (Å²) in [5.41, 5.74) is 5.64. The number of unbranched alkanes of at least 4 members (excludes halogenated alkanes) is 1. The molecule has 3 aromatic carbocycles. The molecule has 1 amide bonds. The maximum Gasteiger partial charge on any atom is 0.303 e. The molecule has 0 saturated heterocycles. The Balaban J connectivity index is 1.86. The fraction of sp³-hybridized carbons (Fsp3) is 0.333. The molecule has 35 heavy (non-hydrogen) atoms. The van der Waals surface area contributed by atoms with Gasteiger partial charge in [0.25, 0.3) is 5.91 Å². The van der Waals surface area contributed by atoms with Crippen LogP contribution in [0, 0.1) is 0 Å². The Hall–Kier alpha value is -3.60. The highest BCUT2D eigenvalue weighted by Crippen LogP contribution is 2.38. The van der Waals surface area contributed by atoms with Crippen LogP contribution in [0.15, 0.2) is 72.8 Å². The number of hydrogen-bond acceptors (Lipinski definition) is 3. The molecule has 0 aromatic heterocycles. The molecule has 1 atom stereocenters. The predicted octanol–water partition coefficient (Wildman–Crippen LogP) is 6.52. The van der Waals surface area contributed by atoms with Gasteiger partial charge < -0.3 is 15.3 Å². The number of aryl methyl sites for hydroxylation is 1. The van der Waals surface area contributed by atoms with Crippen molar-refractivity contribution in [2.45, 2.75) is 51.4 Å². The largest absolute Gasteiger partial charge is 0.481 e. The van der Waals surface area contributed by atoms with E-state index in [0.717, 1.165) is 36.2 Å². The minimum absolute atomic E-state index is 0.150. The number of carbonyl (C=O) groups is 2. The van der Waals surface area contributed by atoms with Crippen molar-refractivity contribution in [3.05, 3.63) is 95.1 Å². The van der Waals surface area contributed by atoms with Crippen LogP contribution in [0.3, 0.4) is 0 Å². The third kappa shape index (κ3) is 6.72. The molecule has 0 aliphatic carbocycles. The van der Waals surface area contributed by atoms with Crippen LogP contribution in [0.4, 0.5) is 11.4 Å². The first-order valence-electron chi connectivity index (χ1n) is 12.2. The Kier molecular flexibility index (Phi) is 8.69. The van der Waals surface area contributed by atoms with Crippen LogP contribution in [-0.4, -0.2) is 31.1 Å². The van der Waals surface area contributed by atoms with E-state index in [1.54, 1.807) is 0 Å². The molecular weight excluding hydrogens is 436 g/mol. The van der Waals surface area contributed by atoms with Crippen LogP contribution in [0.1, 0.15) is 66.6 Å². The number of carboxylic acids is 1. The van der Waals surface area contributed by atoms with E-state index in [1.807, 2.05) is 61.5 Å². The molecule has 0 bridgehead atoms. The maximum atomic E-state index is 12.9. The van der Waals surface area contributed by atoms with E-state index in [-0.39, 0.29) is 17.7 Å². The van der Waals surface area contributed by atoms with Gasteiger partial charge in [-0.1, -0.05) is 56.7 Å². The number of aliphatic carboxylic acids is 1. The molecule has 0 aliphatic heterocycles. The normalized spacial score (nSPS) is 12.6. The minimum atomic E-state index is -0.762. The molecular formula is C30H36N2O3. The highest BCUT2D eigenvalue weighted by Gasteiger charge is 2.29. The average Bonchev–Trinajstić information content (AvgIpc) is 2.86. The second kappa shape index (κ2) is 11.7. The number of carboxylic acid groups (broad SMARTS) is 1. The fourth-order valence-electron chi connectivity index (χ4n) is 4.37. The lowest BCUT2D eigenvalue weighted by molar-refractivity contribution is -0.137. The summed E-state index contributed by atoms with van der Waals surface area (Å²) in [5, 5.41) is 12.1. The summed E-state index contributed by atoms with van der Waals surface area (Å²) in [7, 11) is 3.93. The first kappa shape index (κ1) is 26.0. The van der Waals surface area contributed by atoms with Crippen molar-refractivity contribution in [2.75, 3.05) is 24.3 Å². The second-order valence-corrected chi connectivity index (χ2v) is 9.46. The Bertz CT molecular complexity index is 1140. The van der Waals surface area contributed by atoms with Crippen LogP contribution in [0.2, 0.25) is 0 Å². The Morgan fingerprint density at radius 2 is 1.60 bits per heavy atom. The van der Waals surface area contributed by atoms with Gasteiger partial charge >= 0.3 is 5.97 Å². The summed E-state index contributed by atoms with van der Waals surface area (Å²) in [5.74, 6) is -0.912. The lowest BCUT2D eigenvalue weighted by Crippen LogP contribution is -2.24. The van der Waals surface area contributed by atoms with E-state index in [4.69, 9.17) is 5.11 Å². The summed E-state index contributed by atoms with van der Waals surface area (Å²) >= 11 is 0. The number of rotatable bonds is 11. The van der Waals surface area contributed by atoms with E-state index in [1.165, 1.54) is 11.1 Å². The van der Waals surface area contributed by atoms with Gasteiger partial charge in [0.15, 0.2) is 0 Å². The second-order valence-electron chi connectivity index (χ2n) is 9.46. The van der Waals surface area contributed by atoms with Crippen molar-refractivity contribution in [3.63, 3.8) is 0 Å². The molecule has 0 spiro atoms. The van der Waals surface area contributed by atoms with Gasteiger partial charge in [0.1, 0.15) is 0 Å². The SMILES string of the molecule is CCc1ccc(C(C)(CCCCC(=O)O)c2cccc(NC(=O)c3ccc(N(C)C)cc3)c2)cc1. The lowest BCUT2D eigenvalue weighted by atomic mass is 9.72. The van der Waals surface area contributed by atoms with Gasteiger partial charge in [-0.25, -0.2) is 0 Å². The van der Waals surface area contributed by atoms with Gasteiger partial charge in [-0.15, -0.1) is 0 Å². The number of nitrogens with zero attached hydrogens (tertiary/aromatic N) is 1. The molecule has 3 rings (SSSR count).